The minimum atomic E-state index is -0.171. The van der Waals surface area contributed by atoms with Gasteiger partial charge in [-0.1, -0.05) is 36.7 Å². The lowest BCUT2D eigenvalue weighted by Crippen LogP contribution is -2.43. The molecule has 3 heteroatoms. The van der Waals surface area contributed by atoms with E-state index in [1.54, 1.807) is 0 Å². The minimum absolute atomic E-state index is 0.171. The molecule has 1 aromatic carbocycles. The fourth-order valence-electron chi connectivity index (χ4n) is 2.30. The largest absolute Gasteiger partial charge is 0.392 e. The molecule has 2 rings (SSSR count). The summed E-state index contributed by atoms with van der Waals surface area (Å²) in [5.74, 6) is 0.437. The standard InChI is InChI=1S/C14H20ClNO/c1-11-6-8-16(10-14(11)17)9-7-12-4-2-3-5-13(12)15/h2-5,11,14,17H,6-10H2,1H3. The normalized spacial score (nSPS) is 26.1. The maximum Gasteiger partial charge on any atom is 0.0693 e. The highest BCUT2D eigenvalue weighted by Gasteiger charge is 2.23. The van der Waals surface area contributed by atoms with Crippen molar-refractivity contribution in [3.05, 3.63) is 34.9 Å². The van der Waals surface area contributed by atoms with Crippen LogP contribution < -0.4 is 0 Å². The van der Waals surface area contributed by atoms with E-state index in [9.17, 15) is 5.11 Å². The molecular formula is C14H20ClNO. The Balaban J connectivity index is 1.85. The predicted octanol–water partition coefficient (Wildman–Crippen LogP) is 2.59. The number of piperidine rings is 1. The fourth-order valence-corrected chi connectivity index (χ4v) is 2.53. The summed E-state index contributed by atoms with van der Waals surface area (Å²) in [5.41, 5.74) is 1.20. The average molecular weight is 254 g/mol. The second-order valence-electron chi connectivity index (χ2n) is 4.98. The Hall–Kier alpha value is -0.570. The van der Waals surface area contributed by atoms with E-state index >= 15 is 0 Å². The van der Waals surface area contributed by atoms with Crippen LogP contribution in [0.25, 0.3) is 0 Å². The zero-order chi connectivity index (χ0) is 12.3. The van der Waals surface area contributed by atoms with Crippen molar-refractivity contribution in [1.29, 1.82) is 0 Å². The van der Waals surface area contributed by atoms with E-state index in [4.69, 9.17) is 11.6 Å². The summed E-state index contributed by atoms with van der Waals surface area (Å²) < 4.78 is 0. The van der Waals surface area contributed by atoms with Crippen LogP contribution in [-0.4, -0.2) is 35.7 Å². The number of hydrogen-bond acceptors (Lipinski definition) is 2. The number of aliphatic hydroxyl groups is 1. The van der Waals surface area contributed by atoms with Crippen molar-refractivity contribution >= 4 is 11.6 Å². The third-order valence-electron chi connectivity index (χ3n) is 3.66. The molecule has 1 fully saturated rings. The van der Waals surface area contributed by atoms with Crippen LogP contribution in [0, 0.1) is 5.92 Å². The molecule has 1 heterocycles. The SMILES string of the molecule is CC1CCN(CCc2ccccc2Cl)CC1O. The lowest BCUT2D eigenvalue weighted by atomic mass is 9.96. The van der Waals surface area contributed by atoms with Gasteiger partial charge in [0.1, 0.15) is 0 Å². The third kappa shape index (κ3) is 3.44. The molecule has 2 atom stereocenters. The van der Waals surface area contributed by atoms with Gasteiger partial charge >= 0.3 is 0 Å². The lowest BCUT2D eigenvalue weighted by molar-refractivity contribution is 0.0298. The van der Waals surface area contributed by atoms with Crippen molar-refractivity contribution in [2.24, 2.45) is 5.92 Å². The number of nitrogens with zero attached hydrogens (tertiary/aromatic N) is 1. The van der Waals surface area contributed by atoms with Gasteiger partial charge in [-0.15, -0.1) is 0 Å². The summed E-state index contributed by atoms with van der Waals surface area (Å²) in [6.45, 7) is 4.98. The number of rotatable bonds is 3. The number of hydrogen-bond donors (Lipinski definition) is 1. The smallest absolute Gasteiger partial charge is 0.0693 e. The van der Waals surface area contributed by atoms with Crippen LogP contribution in [-0.2, 0) is 6.42 Å². The van der Waals surface area contributed by atoms with Gasteiger partial charge in [0.25, 0.3) is 0 Å². The van der Waals surface area contributed by atoms with Crippen molar-refractivity contribution in [3.8, 4) is 0 Å². The minimum Gasteiger partial charge on any atom is -0.392 e. The molecule has 1 aliphatic rings. The summed E-state index contributed by atoms with van der Waals surface area (Å²) in [5, 5.41) is 10.7. The van der Waals surface area contributed by atoms with Crippen LogP contribution in [0.3, 0.4) is 0 Å². The summed E-state index contributed by atoms with van der Waals surface area (Å²) in [4.78, 5) is 2.33. The van der Waals surface area contributed by atoms with Gasteiger partial charge in [-0.2, -0.15) is 0 Å². The van der Waals surface area contributed by atoms with Crippen molar-refractivity contribution in [2.75, 3.05) is 19.6 Å². The van der Waals surface area contributed by atoms with E-state index in [-0.39, 0.29) is 6.10 Å². The quantitative estimate of drug-likeness (QED) is 0.895. The maximum absolute atomic E-state index is 9.83. The first-order chi connectivity index (χ1) is 8.16. The second kappa shape index (κ2) is 5.85. The summed E-state index contributed by atoms with van der Waals surface area (Å²) >= 11 is 6.13. The number of halogens is 1. The Morgan fingerprint density at radius 3 is 2.88 bits per heavy atom. The second-order valence-corrected chi connectivity index (χ2v) is 5.38. The van der Waals surface area contributed by atoms with Crippen LogP contribution in [0.4, 0.5) is 0 Å². The molecule has 0 saturated carbocycles. The topological polar surface area (TPSA) is 23.5 Å². The van der Waals surface area contributed by atoms with Gasteiger partial charge < -0.3 is 10.0 Å². The Morgan fingerprint density at radius 1 is 1.41 bits per heavy atom. The zero-order valence-corrected chi connectivity index (χ0v) is 11.0. The number of likely N-dealkylation sites (tertiary alicyclic amines) is 1. The Kier molecular flexibility index (Phi) is 4.43. The van der Waals surface area contributed by atoms with E-state index in [0.717, 1.165) is 37.5 Å². The first kappa shape index (κ1) is 12.9. The highest BCUT2D eigenvalue weighted by Crippen LogP contribution is 2.19. The van der Waals surface area contributed by atoms with Gasteiger partial charge in [0.15, 0.2) is 0 Å². The highest BCUT2D eigenvalue weighted by molar-refractivity contribution is 6.31. The zero-order valence-electron chi connectivity index (χ0n) is 10.3. The van der Waals surface area contributed by atoms with Gasteiger partial charge in [-0.05, 0) is 36.9 Å². The van der Waals surface area contributed by atoms with Gasteiger partial charge in [0, 0.05) is 18.1 Å². The molecule has 1 saturated heterocycles. The first-order valence-electron chi connectivity index (χ1n) is 6.30. The van der Waals surface area contributed by atoms with E-state index in [0.29, 0.717) is 5.92 Å². The molecule has 1 aromatic rings. The molecule has 2 unspecified atom stereocenters. The van der Waals surface area contributed by atoms with Crippen LogP contribution in [0.5, 0.6) is 0 Å². The van der Waals surface area contributed by atoms with Crippen LogP contribution in [0.1, 0.15) is 18.9 Å². The molecule has 0 bridgehead atoms. The third-order valence-corrected chi connectivity index (χ3v) is 4.03. The van der Waals surface area contributed by atoms with Crippen molar-refractivity contribution in [3.63, 3.8) is 0 Å². The van der Waals surface area contributed by atoms with E-state index in [1.807, 2.05) is 18.2 Å². The molecule has 1 N–H and O–H groups in total. The number of β-amino-alcohol motifs (C(OH)–C–C–N with tert-alkyl or cyclic N) is 1. The molecule has 2 nitrogen and oxygen atoms in total. The fraction of sp³-hybridized carbons (Fsp3) is 0.571. The van der Waals surface area contributed by atoms with Gasteiger partial charge in [-0.3, -0.25) is 0 Å². The Labute approximate surface area is 108 Å². The number of benzene rings is 1. The monoisotopic (exact) mass is 253 g/mol. The first-order valence-corrected chi connectivity index (χ1v) is 6.68. The van der Waals surface area contributed by atoms with Crippen LogP contribution >= 0.6 is 11.6 Å². The molecule has 0 amide bonds. The molecule has 17 heavy (non-hydrogen) atoms. The van der Waals surface area contributed by atoms with Gasteiger partial charge in [0.2, 0.25) is 0 Å². The summed E-state index contributed by atoms with van der Waals surface area (Å²) in [6.07, 6.45) is 1.87. The lowest BCUT2D eigenvalue weighted by Gasteiger charge is -2.34. The molecule has 1 aliphatic heterocycles. The molecule has 94 valence electrons. The number of aliphatic hydroxyl groups excluding tert-OH is 1. The van der Waals surface area contributed by atoms with Crippen LogP contribution in [0.2, 0.25) is 5.02 Å². The molecule has 0 aliphatic carbocycles. The van der Waals surface area contributed by atoms with Gasteiger partial charge in [0.05, 0.1) is 6.10 Å². The Bertz CT molecular complexity index is 369. The van der Waals surface area contributed by atoms with Crippen molar-refractivity contribution in [1.82, 2.24) is 4.90 Å². The van der Waals surface area contributed by atoms with E-state index in [2.05, 4.69) is 17.9 Å². The van der Waals surface area contributed by atoms with Crippen molar-refractivity contribution in [2.45, 2.75) is 25.9 Å². The molecule has 0 spiro atoms. The highest BCUT2D eigenvalue weighted by atomic mass is 35.5. The van der Waals surface area contributed by atoms with E-state index < -0.39 is 0 Å². The molecule has 0 aromatic heterocycles. The predicted molar refractivity (Wildman–Crippen MR) is 71.4 cm³/mol. The average Bonchev–Trinajstić information content (AvgIpc) is 2.32. The van der Waals surface area contributed by atoms with E-state index in [1.165, 1.54) is 5.56 Å². The maximum atomic E-state index is 9.83. The summed E-state index contributed by atoms with van der Waals surface area (Å²) in [6, 6.07) is 7.99. The Morgan fingerprint density at radius 2 is 2.18 bits per heavy atom. The van der Waals surface area contributed by atoms with Crippen molar-refractivity contribution < 1.29 is 5.11 Å². The van der Waals surface area contributed by atoms with Gasteiger partial charge in [-0.25, -0.2) is 0 Å². The molecule has 0 radical (unpaired) electrons. The molecular weight excluding hydrogens is 234 g/mol. The summed E-state index contributed by atoms with van der Waals surface area (Å²) in [7, 11) is 0. The van der Waals surface area contributed by atoms with Crippen LogP contribution in [0.15, 0.2) is 24.3 Å².